The van der Waals surface area contributed by atoms with Crippen LogP contribution in [0, 0.1) is 5.82 Å². The number of rotatable bonds is 7. The molecule has 0 aliphatic carbocycles. The number of ether oxygens (including phenoxy) is 1. The molecule has 0 heterocycles. The third-order valence-corrected chi connectivity index (χ3v) is 4.71. The molecular formula is C17H18FN3O5S. The second kappa shape index (κ2) is 9.10. The first kappa shape index (κ1) is 20.3. The third kappa shape index (κ3) is 6.04. The van der Waals surface area contributed by atoms with Crippen LogP contribution in [-0.4, -0.2) is 33.4 Å². The molecule has 8 nitrogen and oxygen atoms in total. The molecule has 27 heavy (non-hydrogen) atoms. The lowest BCUT2D eigenvalue weighted by Crippen LogP contribution is -2.46. The summed E-state index contributed by atoms with van der Waals surface area (Å²) in [6.07, 6.45) is 0. The Balaban J connectivity index is 1.83. The highest BCUT2D eigenvalue weighted by Gasteiger charge is 2.16. The maximum atomic E-state index is 12.8. The number of amides is 2. The van der Waals surface area contributed by atoms with Gasteiger partial charge in [0.2, 0.25) is 10.0 Å². The Morgan fingerprint density at radius 3 is 2.22 bits per heavy atom. The summed E-state index contributed by atoms with van der Waals surface area (Å²) in [7, 11) is -3.98. The Morgan fingerprint density at radius 2 is 1.63 bits per heavy atom. The van der Waals surface area contributed by atoms with Crippen molar-refractivity contribution in [3.8, 4) is 5.75 Å². The zero-order chi connectivity index (χ0) is 19.9. The predicted molar refractivity (Wildman–Crippen MR) is 94.8 cm³/mol. The standard InChI is InChI=1S/C17H18FN3O5S/c1-2-26-14-7-3-12(4-8-14)17(23)21-20-16(22)11-19-27(24,25)15-9-5-13(18)6-10-15/h3-10,19H,2,11H2,1H3,(H,20,22)(H,21,23). The van der Waals surface area contributed by atoms with E-state index in [4.69, 9.17) is 4.74 Å². The molecule has 2 amide bonds. The Morgan fingerprint density at radius 1 is 1.00 bits per heavy atom. The summed E-state index contributed by atoms with van der Waals surface area (Å²) < 4.78 is 44.1. The van der Waals surface area contributed by atoms with Crippen molar-refractivity contribution in [1.82, 2.24) is 15.6 Å². The van der Waals surface area contributed by atoms with Crippen LogP contribution in [0.25, 0.3) is 0 Å². The van der Waals surface area contributed by atoms with Crippen LogP contribution in [0.1, 0.15) is 17.3 Å². The number of benzene rings is 2. The normalized spacial score (nSPS) is 10.9. The molecular weight excluding hydrogens is 377 g/mol. The zero-order valence-electron chi connectivity index (χ0n) is 14.4. The number of sulfonamides is 1. The van der Waals surface area contributed by atoms with Crippen LogP contribution in [0.3, 0.4) is 0 Å². The molecule has 0 saturated heterocycles. The van der Waals surface area contributed by atoms with Crippen molar-refractivity contribution in [1.29, 1.82) is 0 Å². The van der Waals surface area contributed by atoms with Gasteiger partial charge in [0.05, 0.1) is 18.0 Å². The largest absolute Gasteiger partial charge is 0.494 e. The molecule has 0 aromatic heterocycles. The zero-order valence-corrected chi connectivity index (χ0v) is 15.2. The molecule has 0 radical (unpaired) electrons. The second-order valence-electron chi connectivity index (χ2n) is 5.24. The Kier molecular flexibility index (Phi) is 6.85. The van der Waals surface area contributed by atoms with Crippen LogP contribution in [-0.2, 0) is 14.8 Å². The molecule has 3 N–H and O–H groups in total. The van der Waals surface area contributed by atoms with Crippen LogP contribution in [0.2, 0.25) is 0 Å². The van der Waals surface area contributed by atoms with Gasteiger partial charge in [0.15, 0.2) is 0 Å². The molecule has 144 valence electrons. The van der Waals surface area contributed by atoms with E-state index in [1.807, 2.05) is 11.6 Å². The Bertz CT molecular complexity index is 899. The maximum Gasteiger partial charge on any atom is 0.269 e. The fourth-order valence-corrected chi connectivity index (χ4v) is 2.95. The number of halogens is 1. The number of hydrogen-bond donors (Lipinski definition) is 3. The molecule has 0 aliphatic rings. The van der Waals surface area contributed by atoms with E-state index in [2.05, 4.69) is 10.9 Å². The molecule has 2 rings (SSSR count). The minimum atomic E-state index is -3.98. The van der Waals surface area contributed by atoms with E-state index in [-0.39, 0.29) is 10.5 Å². The fourth-order valence-electron chi connectivity index (χ4n) is 1.97. The van der Waals surface area contributed by atoms with Crippen molar-refractivity contribution >= 4 is 21.8 Å². The lowest BCUT2D eigenvalue weighted by atomic mass is 10.2. The van der Waals surface area contributed by atoms with Gasteiger partial charge in [-0.2, -0.15) is 0 Å². The minimum absolute atomic E-state index is 0.185. The summed E-state index contributed by atoms with van der Waals surface area (Å²) in [5.74, 6) is -1.33. The first-order valence-electron chi connectivity index (χ1n) is 7.89. The summed E-state index contributed by atoms with van der Waals surface area (Å²) in [4.78, 5) is 23.5. The molecule has 2 aromatic rings. The topological polar surface area (TPSA) is 114 Å². The quantitative estimate of drug-likeness (QED) is 0.605. The SMILES string of the molecule is CCOc1ccc(C(=O)NNC(=O)CNS(=O)(=O)c2ccc(F)cc2)cc1. The number of carbonyl (C=O) groups is 2. The van der Waals surface area contributed by atoms with Gasteiger partial charge in [0.25, 0.3) is 11.8 Å². The summed E-state index contributed by atoms with van der Waals surface area (Å²) in [6, 6.07) is 10.4. The summed E-state index contributed by atoms with van der Waals surface area (Å²) in [5.41, 5.74) is 4.55. The predicted octanol–water partition coefficient (Wildman–Crippen LogP) is 0.964. The van der Waals surface area contributed by atoms with Gasteiger partial charge in [-0.3, -0.25) is 20.4 Å². The van der Waals surface area contributed by atoms with Gasteiger partial charge in [-0.15, -0.1) is 0 Å². The molecule has 0 unspecified atom stereocenters. The fraction of sp³-hybridized carbons (Fsp3) is 0.176. The lowest BCUT2D eigenvalue weighted by Gasteiger charge is -2.09. The lowest BCUT2D eigenvalue weighted by molar-refractivity contribution is -0.120. The van der Waals surface area contributed by atoms with E-state index >= 15 is 0 Å². The molecule has 0 saturated carbocycles. The highest BCUT2D eigenvalue weighted by Crippen LogP contribution is 2.12. The average Bonchev–Trinajstić information content (AvgIpc) is 2.66. The molecule has 10 heteroatoms. The first-order chi connectivity index (χ1) is 12.8. The minimum Gasteiger partial charge on any atom is -0.494 e. The highest BCUT2D eigenvalue weighted by molar-refractivity contribution is 7.89. The van der Waals surface area contributed by atoms with E-state index in [1.165, 1.54) is 12.1 Å². The molecule has 2 aromatic carbocycles. The van der Waals surface area contributed by atoms with Crippen molar-refractivity contribution in [2.75, 3.05) is 13.2 Å². The molecule has 0 fully saturated rings. The van der Waals surface area contributed by atoms with Gasteiger partial charge in [0, 0.05) is 5.56 Å². The van der Waals surface area contributed by atoms with E-state index in [9.17, 15) is 22.4 Å². The summed E-state index contributed by atoms with van der Waals surface area (Å²) in [6.45, 7) is 1.72. The molecule has 0 atom stereocenters. The number of hydrogen-bond acceptors (Lipinski definition) is 5. The first-order valence-corrected chi connectivity index (χ1v) is 9.37. The monoisotopic (exact) mass is 395 g/mol. The van der Waals surface area contributed by atoms with Crippen molar-refractivity contribution < 1.29 is 27.1 Å². The molecule has 0 bridgehead atoms. The van der Waals surface area contributed by atoms with E-state index in [1.54, 1.807) is 12.1 Å². The number of hydrazine groups is 1. The third-order valence-electron chi connectivity index (χ3n) is 3.29. The van der Waals surface area contributed by atoms with Crippen molar-refractivity contribution in [3.05, 3.63) is 59.9 Å². The Labute approximate surface area is 155 Å². The van der Waals surface area contributed by atoms with Gasteiger partial charge in [-0.25, -0.2) is 17.5 Å². The van der Waals surface area contributed by atoms with Crippen LogP contribution in [0.5, 0.6) is 5.75 Å². The number of nitrogens with one attached hydrogen (secondary N) is 3. The van der Waals surface area contributed by atoms with Gasteiger partial charge in [-0.05, 0) is 55.5 Å². The van der Waals surface area contributed by atoms with Crippen LogP contribution < -0.4 is 20.3 Å². The number of carbonyl (C=O) groups excluding carboxylic acids is 2. The highest BCUT2D eigenvalue weighted by atomic mass is 32.2. The van der Waals surface area contributed by atoms with Gasteiger partial charge in [0.1, 0.15) is 11.6 Å². The summed E-state index contributed by atoms with van der Waals surface area (Å²) in [5, 5.41) is 0. The smallest absolute Gasteiger partial charge is 0.269 e. The summed E-state index contributed by atoms with van der Waals surface area (Å²) >= 11 is 0. The average molecular weight is 395 g/mol. The maximum absolute atomic E-state index is 12.8. The van der Waals surface area contributed by atoms with E-state index in [0.717, 1.165) is 24.3 Å². The van der Waals surface area contributed by atoms with E-state index < -0.39 is 34.2 Å². The van der Waals surface area contributed by atoms with E-state index in [0.29, 0.717) is 12.4 Å². The van der Waals surface area contributed by atoms with Crippen molar-refractivity contribution in [2.45, 2.75) is 11.8 Å². The van der Waals surface area contributed by atoms with Crippen LogP contribution in [0.4, 0.5) is 4.39 Å². The van der Waals surface area contributed by atoms with Gasteiger partial charge >= 0.3 is 0 Å². The van der Waals surface area contributed by atoms with Crippen molar-refractivity contribution in [2.24, 2.45) is 0 Å². The second-order valence-corrected chi connectivity index (χ2v) is 7.01. The van der Waals surface area contributed by atoms with Crippen molar-refractivity contribution in [3.63, 3.8) is 0 Å². The Hall–Kier alpha value is -2.98. The van der Waals surface area contributed by atoms with Crippen LogP contribution in [0.15, 0.2) is 53.4 Å². The van der Waals surface area contributed by atoms with Gasteiger partial charge < -0.3 is 4.74 Å². The molecule has 0 aliphatic heterocycles. The van der Waals surface area contributed by atoms with Gasteiger partial charge in [-0.1, -0.05) is 0 Å². The van der Waals surface area contributed by atoms with Crippen LogP contribution >= 0.6 is 0 Å². The molecule has 0 spiro atoms.